The van der Waals surface area contributed by atoms with Gasteiger partial charge in [-0.05, 0) is 12.0 Å². The molecular formula is C21H31N5O2S+2. The van der Waals surface area contributed by atoms with Crippen LogP contribution in [0.3, 0.4) is 0 Å². The maximum absolute atomic E-state index is 11.0. The smallest absolute Gasteiger partial charge is 0.235 e. The summed E-state index contributed by atoms with van der Waals surface area (Å²) >= 11 is 1.55. The molecule has 0 saturated carbocycles. The highest BCUT2D eigenvalue weighted by atomic mass is 32.1. The Kier molecular flexibility index (Phi) is 6.15. The molecule has 0 amide bonds. The molecule has 156 valence electrons. The second-order valence-corrected chi connectivity index (χ2v) is 8.78. The summed E-state index contributed by atoms with van der Waals surface area (Å²) in [5, 5.41) is 24.7. The van der Waals surface area contributed by atoms with Crippen molar-refractivity contribution in [1.29, 1.82) is 0 Å². The van der Waals surface area contributed by atoms with Gasteiger partial charge >= 0.3 is 0 Å². The summed E-state index contributed by atoms with van der Waals surface area (Å²) in [7, 11) is 0. The van der Waals surface area contributed by atoms with Crippen molar-refractivity contribution in [2.24, 2.45) is 0 Å². The number of aromatic nitrogens is 3. The van der Waals surface area contributed by atoms with E-state index in [1.54, 1.807) is 15.9 Å². The van der Waals surface area contributed by atoms with Crippen molar-refractivity contribution >= 4 is 16.3 Å². The number of benzene rings is 1. The number of aliphatic hydroxyl groups is 1. The van der Waals surface area contributed by atoms with Gasteiger partial charge in [-0.1, -0.05) is 49.4 Å². The third kappa shape index (κ3) is 4.02. The predicted molar refractivity (Wildman–Crippen MR) is 113 cm³/mol. The molecule has 1 aliphatic heterocycles. The lowest BCUT2D eigenvalue weighted by molar-refractivity contribution is -1.02. The fourth-order valence-corrected chi connectivity index (χ4v) is 5.43. The van der Waals surface area contributed by atoms with Crippen LogP contribution in [0, 0.1) is 0 Å². The van der Waals surface area contributed by atoms with E-state index in [9.17, 15) is 10.2 Å². The maximum atomic E-state index is 11.0. The number of hydrogen-bond donors (Lipinski definition) is 4. The molecule has 29 heavy (non-hydrogen) atoms. The quantitative estimate of drug-likeness (QED) is 0.417. The van der Waals surface area contributed by atoms with E-state index in [1.165, 1.54) is 20.9 Å². The van der Waals surface area contributed by atoms with Crippen molar-refractivity contribution in [3.05, 3.63) is 46.1 Å². The molecule has 1 saturated heterocycles. The average Bonchev–Trinajstić information content (AvgIpc) is 3.29. The van der Waals surface area contributed by atoms with Gasteiger partial charge in [0.2, 0.25) is 10.8 Å². The van der Waals surface area contributed by atoms with Gasteiger partial charge in [0.1, 0.15) is 37.6 Å². The first-order valence-electron chi connectivity index (χ1n) is 10.6. The van der Waals surface area contributed by atoms with E-state index in [0.717, 1.165) is 61.2 Å². The van der Waals surface area contributed by atoms with Gasteiger partial charge in [-0.2, -0.15) is 4.52 Å². The van der Waals surface area contributed by atoms with Crippen molar-refractivity contribution in [1.82, 2.24) is 14.6 Å². The molecule has 2 aromatic heterocycles. The summed E-state index contributed by atoms with van der Waals surface area (Å²) in [6.45, 7) is 9.30. The van der Waals surface area contributed by atoms with Crippen LogP contribution in [0.2, 0.25) is 0 Å². The van der Waals surface area contributed by atoms with E-state index in [4.69, 9.17) is 0 Å². The number of aryl methyl sites for hydroxylation is 2. The highest BCUT2D eigenvalue weighted by Crippen LogP contribution is 2.35. The SMILES string of the molecule is CCc1ccc([C@H](c2sc3nc(CC)nn3c2O)[NH+]2CC[NH+](CCO)CC2)cc1. The molecule has 0 spiro atoms. The Hall–Kier alpha value is -2.00. The van der Waals surface area contributed by atoms with Crippen molar-refractivity contribution < 1.29 is 20.0 Å². The molecule has 3 heterocycles. The van der Waals surface area contributed by atoms with Gasteiger partial charge in [-0.3, -0.25) is 0 Å². The van der Waals surface area contributed by atoms with Gasteiger partial charge in [-0.15, -0.1) is 5.10 Å². The van der Waals surface area contributed by atoms with Gasteiger partial charge in [0.25, 0.3) is 0 Å². The Morgan fingerprint density at radius 3 is 2.41 bits per heavy atom. The Labute approximate surface area is 175 Å². The number of hydrogen-bond acceptors (Lipinski definition) is 5. The molecule has 1 fully saturated rings. The van der Waals surface area contributed by atoms with Crippen molar-refractivity contribution in [2.45, 2.75) is 32.7 Å². The van der Waals surface area contributed by atoms with Crippen LogP contribution in [0.25, 0.3) is 4.96 Å². The zero-order chi connectivity index (χ0) is 20.4. The topological polar surface area (TPSA) is 79.5 Å². The summed E-state index contributed by atoms with van der Waals surface area (Å²) < 4.78 is 1.60. The molecule has 3 aromatic rings. The molecule has 4 rings (SSSR count). The van der Waals surface area contributed by atoms with E-state index >= 15 is 0 Å². The molecular weight excluding hydrogens is 386 g/mol. The number of quaternary nitrogens is 2. The van der Waals surface area contributed by atoms with E-state index < -0.39 is 0 Å². The first kappa shape index (κ1) is 20.3. The Morgan fingerprint density at radius 2 is 1.83 bits per heavy atom. The van der Waals surface area contributed by atoms with Crippen LogP contribution in [0.1, 0.15) is 41.7 Å². The monoisotopic (exact) mass is 417 g/mol. The summed E-state index contributed by atoms with van der Waals surface area (Å²) in [5.74, 6) is 0.981. The number of fused-ring (bicyclic) bond motifs is 1. The minimum atomic E-state index is 0.0650. The number of rotatable bonds is 7. The lowest BCUT2D eigenvalue weighted by Crippen LogP contribution is -3.28. The van der Waals surface area contributed by atoms with E-state index in [2.05, 4.69) is 41.3 Å². The zero-order valence-corrected chi connectivity index (χ0v) is 18.0. The standard InChI is InChI=1S/C21H29N5O2S/c1-3-15-5-7-16(8-6-15)18(25-11-9-24(10-12-25)13-14-27)19-20(28)26-21(29-19)22-17(4-2)23-26/h5-8,18,27-28H,3-4,9-14H2,1-2H3/p+2/t18-/m1/s1. The van der Waals surface area contributed by atoms with Gasteiger partial charge < -0.3 is 20.0 Å². The largest absolute Gasteiger partial charge is 0.492 e. The Balaban J connectivity index is 1.70. The molecule has 0 unspecified atom stereocenters. The first-order chi connectivity index (χ1) is 14.1. The van der Waals surface area contributed by atoms with Gasteiger partial charge in [-0.25, -0.2) is 4.98 Å². The molecule has 7 nitrogen and oxygen atoms in total. The normalized spacial score (nSPS) is 20.9. The molecule has 0 bridgehead atoms. The minimum Gasteiger partial charge on any atom is -0.492 e. The third-order valence-corrected chi connectivity index (χ3v) is 7.10. The van der Waals surface area contributed by atoms with Crippen molar-refractivity contribution in [3.8, 4) is 5.88 Å². The van der Waals surface area contributed by atoms with Crippen LogP contribution >= 0.6 is 11.3 Å². The van der Waals surface area contributed by atoms with Crippen molar-refractivity contribution in [3.63, 3.8) is 0 Å². The summed E-state index contributed by atoms with van der Waals surface area (Å²) in [6.07, 6.45) is 1.77. The average molecular weight is 418 g/mol. The molecule has 0 radical (unpaired) electrons. The van der Waals surface area contributed by atoms with Gasteiger partial charge in [0, 0.05) is 12.0 Å². The molecule has 1 atom stereocenters. The second kappa shape index (κ2) is 8.79. The molecule has 0 aliphatic carbocycles. The number of nitrogens with zero attached hydrogens (tertiary/aromatic N) is 3. The number of nitrogens with one attached hydrogen (secondary N) is 2. The molecule has 1 aromatic carbocycles. The maximum Gasteiger partial charge on any atom is 0.235 e. The van der Waals surface area contributed by atoms with E-state index in [-0.39, 0.29) is 18.5 Å². The third-order valence-electron chi connectivity index (χ3n) is 6.02. The fraction of sp³-hybridized carbons (Fsp3) is 0.524. The predicted octanol–water partition coefficient (Wildman–Crippen LogP) is -0.514. The van der Waals surface area contributed by atoms with Crippen LogP contribution < -0.4 is 9.80 Å². The lowest BCUT2D eigenvalue weighted by atomic mass is 10.0. The number of piperazine rings is 1. The van der Waals surface area contributed by atoms with Crippen molar-refractivity contribution in [2.75, 3.05) is 39.3 Å². The van der Waals surface area contributed by atoms with Crippen LogP contribution in [0.5, 0.6) is 5.88 Å². The summed E-state index contributed by atoms with van der Waals surface area (Å²) in [6, 6.07) is 8.86. The fourth-order valence-electron chi connectivity index (χ4n) is 4.27. The highest BCUT2D eigenvalue weighted by Gasteiger charge is 2.36. The van der Waals surface area contributed by atoms with Crippen LogP contribution in [0.15, 0.2) is 24.3 Å². The van der Waals surface area contributed by atoms with Gasteiger partial charge in [0.15, 0.2) is 11.9 Å². The van der Waals surface area contributed by atoms with Gasteiger partial charge in [0.05, 0.1) is 6.61 Å². The number of aliphatic hydroxyl groups excluding tert-OH is 1. The Morgan fingerprint density at radius 1 is 1.10 bits per heavy atom. The minimum absolute atomic E-state index is 0.0650. The second-order valence-electron chi connectivity index (χ2n) is 7.78. The van der Waals surface area contributed by atoms with Crippen LogP contribution in [-0.4, -0.2) is 64.1 Å². The summed E-state index contributed by atoms with van der Waals surface area (Å²) in [4.78, 5) is 9.17. The van der Waals surface area contributed by atoms with Crippen LogP contribution in [0.4, 0.5) is 0 Å². The molecule has 4 N–H and O–H groups in total. The van der Waals surface area contributed by atoms with E-state index in [0.29, 0.717) is 0 Å². The first-order valence-corrected chi connectivity index (χ1v) is 11.4. The Bertz CT molecular complexity index is 944. The molecule has 8 heteroatoms. The summed E-state index contributed by atoms with van der Waals surface area (Å²) in [5.41, 5.74) is 2.54. The molecule has 1 aliphatic rings. The zero-order valence-electron chi connectivity index (χ0n) is 17.2. The highest BCUT2D eigenvalue weighted by molar-refractivity contribution is 7.17. The van der Waals surface area contributed by atoms with E-state index in [1.807, 2.05) is 6.92 Å². The number of thiazole rings is 1. The van der Waals surface area contributed by atoms with Crippen LogP contribution in [-0.2, 0) is 12.8 Å². The number of aromatic hydroxyl groups is 1. The lowest BCUT2D eigenvalue weighted by Gasteiger charge is -2.34.